The number of benzene rings is 6. The maximum absolute atomic E-state index is 14.0. The number of nitrogens with one attached hydrogen (secondary N) is 2. The van der Waals surface area contributed by atoms with Crippen molar-refractivity contribution in [1.29, 1.82) is 0 Å². The summed E-state index contributed by atoms with van der Waals surface area (Å²) in [5, 5.41) is 9.94. The van der Waals surface area contributed by atoms with Gasteiger partial charge in [0, 0.05) is 5.69 Å². The summed E-state index contributed by atoms with van der Waals surface area (Å²) in [6, 6.07) is 51.8. The number of rotatable bonds is 13. The minimum atomic E-state index is -5.03. The second kappa shape index (κ2) is 19.8. The van der Waals surface area contributed by atoms with Gasteiger partial charge < -0.3 is 32.0 Å². The van der Waals surface area contributed by atoms with Crippen LogP contribution in [-0.2, 0) is 22.9 Å². The molecule has 0 amide bonds. The molecule has 0 bridgehead atoms. The highest BCUT2D eigenvalue weighted by Crippen LogP contribution is 2.60. The van der Waals surface area contributed by atoms with Crippen LogP contribution in [0.3, 0.4) is 0 Å². The van der Waals surface area contributed by atoms with Gasteiger partial charge >= 0.3 is 12.4 Å². The van der Waals surface area contributed by atoms with Gasteiger partial charge in [-0.1, -0.05) is 148 Å². The second-order valence-electron chi connectivity index (χ2n) is 16.0. The van der Waals surface area contributed by atoms with Crippen LogP contribution in [-0.4, -0.2) is 31.7 Å². The fourth-order valence-electron chi connectivity index (χ4n) is 7.99. The number of hydrogen-bond acceptors (Lipinski definition) is 2. The first-order valence-corrected chi connectivity index (χ1v) is 24.1. The van der Waals surface area contributed by atoms with E-state index < -0.39 is 61.9 Å². The summed E-state index contributed by atoms with van der Waals surface area (Å²) >= 11 is 5.84. The highest BCUT2D eigenvalue weighted by atomic mass is 79.9. The van der Waals surface area contributed by atoms with Crippen molar-refractivity contribution in [3.05, 3.63) is 187 Å². The normalized spacial score (nSPS) is 13.4. The van der Waals surface area contributed by atoms with Crippen molar-refractivity contribution >= 4 is 59.6 Å². The van der Waals surface area contributed by atoms with Crippen molar-refractivity contribution in [1.82, 2.24) is 5.32 Å². The van der Waals surface area contributed by atoms with Gasteiger partial charge in [0.1, 0.15) is 0 Å². The molecule has 6 aromatic carbocycles. The second-order valence-corrected chi connectivity index (χ2v) is 24.3. The van der Waals surface area contributed by atoms with Gasteiger partial charge in [0.2, 0.25) is 0 Å². The fraction of sp³-hybridized carbons (Fsp3) is 0.229. The van der Waals surface area contributed by atoms with Crippen LogP contribution in [0.15, 0.2) is 170 Å². The molecule has 0 unspecified atom stereocenters. The number of hydrogen-bond donors (Lipinski definition) is 2. The Balaban J connectivity index is 0.00000704. The number of alkyl halides is 6. The molecule has 0 radical (unpaired) electrons. The van der Waals surface area contributed by atoms with E-state index in [9.17, 15) is 26.3 Å². The molecule has 0 saturated carbocycles. The van der Waals surface area contributed by atoms with Crippen LogP contribution in [0.2, 0.25) is 5.04 Å². The SMILES string of the molecule is C[C@@H](O[Si](c1ccccc1)(c1ccccc1)C(C)(C)C)[C@@H](C[P+](Cc1ccccc1)(c1ccccc1)c1ccccc1)NC(=S)Nc1cc(C(F)(F)F)cc(C(F)(F)F)c1.[Br-]. The predicted molar refractivity (Wildman–Crippen MR) is 242 cm³/mol. The van der Waals surface area contributed by atoms with Crippen molar-refractivity contribution in [3.8, 4) is 0 Å². The molecule has 0 heterocycles. The van der Waals surface area contributed by atoms with E-state index >= 15 is 0 Å². The molecule has 61 heavy (non-hydrogen) atoms. The highest BCUT2D eigenvalue weighted by molar-refractivity contribution is 7.89. The van der Waals surface area contributed by atoms with Crippen molar-refractivity contribution in [2.24, 2.45) is 0 Å². The first-order chi connectivity index (χ1) is 28.4. The maximum atomic E-state index is 14.0. The third-order valence-electron chi connectivity index (χ3n) is 10.8. The Labute approximate surface area is 372 Å². The summed E-state index contributed by atoms with van der Waals surface area (Å²) in [5.74, 6) is 0. The highest BCUT2D eigenvalue weighted by Gasteiger charge is 2.53. The lowest BCUT2D eigenvalue weighted by molar-refractivity contribution is -0.143. The van der Waals surface area contributed by atoms with Gasteiger partial charge in [0.25, 0.3) is 8.32 Å². The Morgan fingerprint density at radius 2 is 1.02 bits per heavy atom. The summed E-state index contributed by atoms with van der Waals surface area (Å²) in [5.41, 5.74) is -2.21. The molecule has 0 fully saturated rings. The molecular weight excluding hydrogens is 906 g/mol. The van der Waals surface area contributed by atoms with Crippen LogP contribution in [0.5, 0.6) is 0 Å². The summed E-state index contributed by atoms with van der Waals surface area (Å²) in [6.45, 7) is 8.51. The standard InChI is InChI=1S/C48H47F6N2OPSSi.BrH/c1-35(57-60(46(2,3)4,42-26-16-8-17-27-42)43-28-18-9-19-29-43)44(56-45(59)55-39-31-37(47(49,50)51)30-38(32-39)48(52,53)54)34-58(40-22-12-6-13-23-40,41-24-14-7-15-25-41)33-36-20-10-5-11-21-36;/h5-32,35,44H,33-34H2,1-4H3,(H-,55,56,59);1H/t35-,44-;/m1./s1. The average molecular weight is 954 g/mol. The van der Waals surface area contributed by atoms with Crippen LogP contribution in [0.4, 0.5) is 32.0 Å². The first-order valence-electron chi connectivity index (χ1n) is 19.6. The van der Waals surface area contributed by atoms with E-state index in [0.717, 1.165) is 26.5 Å². The Hall–Kier alpha value is -4.32. The molecule has 0 aliphatic heterocycles. The Kier molecular flexibility index (Phi) is 15.5. The van der Waals surface area contributed by atoms with Gasteiger partial charge in [-0.2, -0.15) is 26.3 Å². The summed E-state index contributed by atoms with van der Waals surface area (Å²) < 4.78 is 91.4. The Morgan fingerprint density at radius 1 is 0.623 bits per heavy atom. The fourth-order valence-corrected chi connectivity index (χ4v) is 17.6. The topological polar surface area (TPSA) is 33.3 Å². The largest absolute Gasteiger partial charge is 1.00 e. The lowest BCUT2D eigenvalue weighted by Crippen LogP contribution is -3.00. The monoisotopic (exact) mass is 952 g/mol. The zero-order valence-electron chi connectivity index (χ0n) is 34.1. The zero-order chi connectivity index (χ0) is 43.2. The molecule has 3 nitrogen and oxygen atoms in total. The van der Waals surface area contributed by atoms with Gasteiger partial charge in [-0.15, -0.1) is 0 Å². The third kappa shape index (κ3) is 11.2. The van der Waals surface area contributed by atoms with E-state index in [1.165, 1.54) is 0 Å². The molecule has 13 heteroatoms. The summed E-state index contributed by atoms with van der Waals surface area (Å²) in [6.07, 6.45) is -9.53. The molecule has 320 valence electrons. The zero-order valence-corrected chi connectivity index (χ0v) is 38.4. The number of anilines is 1. The maximum Gasteiger partial charge on any atom is 0.416 e. The molecule has 6 rings (SSSR count). The van der Waals surface area contributed by atoms with Gasteiger partial charge in [-0.3, -0.25) is 0 Å². The Morgan fingerprint density at radius 3 is 1.41 bits per heavy atom. The van der Waals surface area contributed by atoms with Gasteiger partial charge in [-0.25, -0.2) is 0 Å². The first kappa shape index (κ1) is 47.7. The molecule has 2 atom stereocenters. The Bertz CT molecular complexity index is 2210. The van der Waals surface area contributed by atoms with Crippen LogP contribution < -0.4 is 48.6 Å². The lowest BCUT2D eigenvalue weighted by atomic mass is 10.1. The van der Waals surface area contributed by atoms with E-state index in [-0.39, 0.29) is 28.2 Å². The van der Waals surface area contributed by atoms with E-state index in [0.29, 0.717) is 24.5 Å². The van der Waals surface area contributed by atoms with Crippen molar-refractivity contribution < 1.29 is 47.7 Å². The van der Waals surface area contributed by atoms with Gasteiger partial charge in [0.05, 0.1) is 53.5 Å². The van der Waals surface area contributed by atoms with Crippen molar-refractivity contribution in [2.75, 3.05) is 11.5 Å². The molecule has 0 spiro atoms. The molecular formula is C48H48BrF6N2OPSSi. The van der Waals surface area contributed by atoms with Crippen LogP contribution in [0.1, 0.15) is 44.4 Å². The van der Waals surface area contributed by atoms with Crippen LogP contribution in [0, 0.1) is 0 Å². The van der Waals surface area contributed by atoms with Gasteiger partial charge in [-0.05, 0) is 82.6 Å². The molecule has 6 aromatic rings. The smallest absolute Gasteiger partial charge is 0.416 e. The minimum Gasteiger partial charge on any atom is -1.00 e. The van der Waals surface area contributed by atoms with Crippen molar-refractivity contribution in [2.45, 2.75) is 63.4 Å². The van der Waals surface area contributed by atoms with Gasteiger partial charge in [0.15, 0.2) is 5.11 Å². The van der Waals surface area contributed by atoms with Crippen LogP contribution in [0.25, 0.3) is 0 Å². The summed E-state index contributed by atoms with van der Waals surface area (Å²) in [7, 11) is -5.70. The number of thiocarbonyl (C=S) groups is 1. The van der Waals surface area contributed by atoms with E-state index in [2.05, 4.69) is 92.1 Å². The molecule has 0 saturated heterocycles. The molecule has 2 N–H and O–H groups in total. The van der Waals surface area contributed by atoms with E-state index in [1.807, 2.05) is 97.9 Å². The average Bonchev–Trinajstić information content (AvgIpc) is 3.22. The van der Waals surface area contributed by atoms with Crippen LogP contribution >= 0.6 is 19.5 Å². The minimum absolute atomic E-state index is 0. The predicted octanol–water partition coefficient (Wildman–Crippen LogP) is 8.22. The molecule has 0 aliphatic rings. The lowest BCUT2D eigenvalue weighted by Gasteiger charge is -2.46. The molecule has 0 aliphatic carbocycles. The third-order valence-corrected chi connectivity index (χ3v) is 20.7. The van der Waals surface area contributed by atoms with Crippen molar-refractivity contribution in [3.63, 3.8) is 0 Å². The van der Waals surface area contributed by atoms with E-state index in [4.69, 9.17) is 16.6 Å². The number of halogens is 7. The van der Waals surface area contributed by atoms with E-state index in [1.54, 1.807) is 0 Å². The quantitative estimate of drug-likeness (QED) is 0.0530. The summed E-state index contributed by atoms with van der Waals surface area (Å²) in [4.78, 5) is 0. The molecule has 0 aromatic heterocycles.